The molecule has 3 heterocycles. The third-order valence-electron chi connectivity index (χ3n) is 5.69. The van der Waals surface area contributed by atoms with Crippen molar-refractivity contribution in [3.05, 3.63) is 56.5 Å². The number of carbonyl (C=O) groups excluding carboxylic acids is 1. The van der Waals surface area contributed by atoms with E-state index in [0.717, 1.165) is 0 Å². The molecule has 9 nitrogen and oxygen atoms in total. The molecule has 2 atom stereocenters. The molecule has 2 aliphatic rings. The molecule has 1 fully saturated rings. The third-order valence-corrected chi connectivity index (χ3v) is 7.34. The number of aliphatic hydroxyl groups excluding tert-OH is 1. The SMILES string of the molecule is CCOC(=O)C1=C(CN2CCOCC2CO)NC(c2ncc(OC)s2)=NC1c1ccc(F)cc1Br. The summed E-state index contributed by atoms with van der Waals surface area (Å²) in [6.07, 6.45) is 1.60. The summed E-state index contributed by atoms with van der Waals surface area (Å²) in [4.78, 5) is 24.5. The molecule has 4 rings (SSSR count). The first-order valence-electron chi connectivity index (χ1n) is 11.1. The summed E-state index contributed by atoms with van der Waals surface area (Å²) in [7, 11) is 1.56. The second-order valence-electron chi connectivity index (χ2n) is 7.85. The zero-order valence-corrected chi connectivity index (χ0v) is 21.7. The number of aromatic nitrogens is 1. The minimum absolute atomic E-state index is 0.0837. The van der Waals surface area contributed by atoms with Gasteiger partial charge in [-0.2, -0.15) is 0 Å². The highest BCUT2D eigenvalue weighted by Gasteiger charge is 2.36. The van der Waals surface area contributed by atoms with E-state index >= 15 is 0 Å². The lowest BCUT2D eigenvalue weighted by Gasteiger charge is -2.37. The molecule has 2 aliphatic heterocycles. The fourth-order valence-electron chi connectivity index (χ4n) is 3.96. The number of rotatable bonds is 8. The fraction of sp³-hybridized carbons (Fsp3) is 0.435. The molecule has 1 saturated heterocycles. The van der Waals surface area contributed by atoms with E-state index in [-0.39, 0.29) is 19.3 Å². The van der Waals surface area contributed by atoms with Crippen molar-refractivity contribution in [3.63, 3.8) is 0 Å². The Morgan fingerprint density at radius 3 is 2.97 bits per heavy atom. The van der Waals surface area contributed by atoms with Gasteiger partial charge in [-0.1, -0.05) is 33.3 Å². The normalized spacial score (nSPS) is 20.9. The number of ether oxygens (including phenoxy) is 3. The molecule has 0 saturated carbocycles. The molecular weight excluding hydrogens is 543 g/mol. The van der Waals surface area contributed by atoms with Crippen LogP contribution in [0, 0.1) is 5.82 Å². The van der Waals surface area contributed by atoms with Gasteiger partial charge in [-0.05, 0) is 24.6 Å². The van der Waals surface area contributed by atoms with Gasteiger partial charge in [0.1, 0.15) is 11.9 Å². The molecule has 0 spiro atoms. The van der Waals surface area contributed by atoms with Crippen LogP contribution in [-0.4, -0.2) is 79.5 Å². The number of carbonyl (C=O) groups is 1. The van der Waals surface area contributed by atoms with Gasteiger partial charge in [0.05, 0.1) is 51.3 Å². The monoisotopic (exact) mass is 568 g/mol. The Balaban J connectivity index is 1.83. The number of aliphatic imine (C=N–C) groups is 1. The van der Waals surface area contributed by atoms with Gasteiger partial charge in [0, 0.05) is 23.3 Å². The number of aliphatic hydroxyl groups is 1. The number of halogens is 2. The van der Waals surface area contributed by atoms with E-state index in [1.165, 1.54) is 23.5 Å². The number of morpholine rings is 1. The Hall–Kier alpha value is -2.38. The first-order valence-corrected chi connectivity index (χ1v) is 12.7. The van der Waals surface area contributed by atoms with Gasteiger partial charge in [0.15, 0.2) is 15.9 Å². The van der Waals surface area contributed by atoms with Crippen molar-refractivity contribution in [2.24, 2.45) is 4.99 Å². The molecule has 35 heavy (non-hydrogen) atoms. The van der Waals surface area contributed by atoms with Crippen molar-refractivity contribution >= 4 is 39.1 Å². The predicted molar refractivity (Wildman–Crippen MR) is 132 cm³/mol. The lowest BCUT2D eigenvalue weighted by Crippen LogP contribution is -2.50. The summed E-state index contributed by atoms with van der Waals surface area (Å²) < 4.78 is 30.6. The van der Waals surface area contributed by atoms with Crippen molar-refractivity contribution in [1.82, 2.24) is 15.2 Å². The van der Waals surface area contributed by atoms with Gasteiger partial charge in [-0.15, -0.1) is 0 Å². The fourth-order valence-corrected chi connectivity index (χ4v) is 5.21. The Kier molecular flexibility index (Phi) is 8.50. The number of methoxy groups -OCH3 is 1. The van der Waals surface area contributed by atoms with Crippen molar-refractivity contribution in [3.8, 4) is 5.06 Å². The molecule has 0 amide bonds. The van der Waals surface area contributed by atoms with Crippen LogP contribution in [0.4, 0.5) is 4.39 Å². The second-order valence-corrected chi connectivity index (χ2v) is 9.70. The summed E-state index contributed by atoms with van der Waals surface area (Å²) >= 11 is 4.74. The molecule has 2 N–H and O–H groups in total. The lowest BCUT2D eigenvalue weighted by molar-refractivity contribution is -0.139. The summed E-state index contributed by atoms with van der Waals surface area (Å²) in [5.74, 6) is -0.481. The van der Waals surface area contributed by atoms with E-state index in [4.69, 9.17) is 19.2 Å². The predicted octanol–water partition coefficient (Wildman–Crippen LogP) is 2.65. The van der Waals surface area contributed by atoms with Crippen molar-refractivity contribution in [1.29, 1.82) is 0 Å². The van der Waals surface area contributed by atoms with Crippen molar-refractivity contribution < 1.29 is 28.5 Å². The average Bonchev–Trinajstić information content (AvgIpc) is 3.33. The minimum atomic E-state index is -0.779. The molecule has 0 bridgehead atoms. The number of thiazole rings is 1. The molecule has 2 unspecified atom stereocenters. The Morgan fingerprint density at radius 1 is 1.46 bits per heavy atom. The van der Waals surface area contributed by atoms with Crippen LogP contribution in [0.1, 0.15) is 23.5 Å². The summed E-state index contributed by atoms with van der Waals surface area (Å²) in [5.41, 5.74) is 1.49. The van der Waals surface area contributed by atoms with E-state index in [1.54, 1.807) is 26.3 Å². The number of benzene rings is 1. The largest absolute Gasteiger partial charge is 0.486 e. The lowest BCUT2D eigenvalue weighted by atomic mass is 9.95. The highest BCUT2D eigenvalue weighted by Crippen LogP contribution is 2.37. The summed E-state index contributed by atoms with van der Waals surface area (Å²) in [6, 6.07) is 3.26. The van der Waals surface area contributed by atoms with Crippen molar-refractivity contribution in [2.45, 2.75) is 19.0 Å². The molecule has 0 radical (unpaired) electrons. The summed E-state index contributed by atoms with van der Waals surface area (Å²) in [6.45, 7) is 3.63. The highest BCUT2D eigenvalue weighted by atomic mass is 79.9. The number of nitrogens with one attached hydrogen (secondary N) is 1. The number of nitrogens with zero attached hydrogens (tertiary/aromatic N) is 3. The maximum atomic E-state index is 13.9. The zero-order chi connectivity index (χ0) is 24.9. The van der Waals surface area contributed by atoms with Gasteiger partial charge >= 0.3 is 5.97 Å². The third kappa shape index (κ3) is 5.72. The van der Waals surface area contributed by atoms with Crippen LogP contribution in [-0.2, 0) is 14.3 Å². The van der Waals surface area contributed by atoms with Crippen LogP contribution in [0.2, 0.25) is 0 Å². The standard InChI is InChI=1S/C23H26BrFN4O5S/c1-3-34-23(31)19-17(10-29-6-7-33-12-14(29)11-30)27-21(22-26-9-18(32-2)35-22)28-20(19)15-5-4-13(25)8-16(15)24/h4-5,8-9,14,20,30H,3,6-7,10-12H2,1-2H3,(H,27,28). The number of amidine groups is 1. The Labute approximate surface area is 214 Å². The van der Waals surface area contributed by atoms with Crippen LogP contribution in [0.3, 0.4) is 0 Å². The quantitative estimate of drug-likeness (QED) is 0.468. The maximum Gasteiger partial charge on any atom is 0.338 e. The molecule has 188 valence electrons. The number of hydrogen-bond donors (Lipinski definition) is 2. The second kappa shape index (κ2) is 11.6. The van der Waals surface area contributed by atoms with Gasteiger partial charge in [-0.3, -0.25) is 9.89 Å². The van der Waals surface area contributed by atoms with Crippen LogP contribution >= 0.6 is 27.3 Å². The molecular formula is C23H26BrFN4O5S. The first kappa shape index (κ1) is 25.7. The number of esters is 1. The topological polar surface area (TPSA) is 106 Å². The van der Waals surface area contributed by atoms with Crippen LogP contribution < -0.4 is 10.1 Å². The van der Waals surface area contributed by atoms with Crippen molar-refractivity contribution in [2.75, 3.05) is 46.6 Å². The van der Waals surface area contributed by atoms with E-state index in [1.807, 2.05) is 4.90 Å². The maximum absolute atomic E-state index is 13.9. The van der Waals surface area contributed by atoms with Gasteiger partial charge in [0.25, 0.3) is 0 Å². The van der Waals surface area contributed by atoms with E-state index in [9.17, 15) is 14.3 Å². The zero-order valence-electron chi connectivity index (χ0n) is 19.3. The molecule has 1 aromatic carbocycles. The van der Waals surface area contributed by atoms with Crippen LogP contribution in [0.15, 0.2) is 45.1 Å². The average molecular weight is 569 g/mol. The van der Waals surface area contributed by atoms with Crippen LogP contribution in [0.5, 0.6) is 5.06 Å². The van der Waals surface area contributed by atoms with E-state index in [2.05, 4.69) is 26.2 Å². The van der Waals surface area contributed by atoms with Gasteiger partial charge in [0.2, 0.25) is 0 Å². The molecule has 12 heteroatoms. The van der Waals surface area contributed by atoms with Gasteiger partial charge in [-0.25, -0.2) is 14.2 Å². The first-order chi connectivity index (χ1) is 16.9. The van der Waals surface area contributed by atoms with Crippen LogP contribution in [0.25, 0.3) is 0 Å². The number of hydrogen-bond acceptors (Lipinski definition) is 10. The molecule has 1 aromatic heterocycles. The molecule has 2 aromatic rings. The highest BCUT2D eigenvalue weighted by molar-refractivity contribution is 9.10. The Bertz CT molecular complexity index is 1140. The van der Waals surface area contributed by atoms with E-state index < -0.39 is 17.8 Å². The minimum Gasteiger partial charge on any atom is -0.486 e. The Morgan fingerprint density at radius 2 is 2.29 bits per heavy atom. The van der Waals surface area contributed by atoms with Gasteiger partial charge < -0.3 is 24.6 Å². The summed E-state index contributed by atoms with van der Waals surface area (Å²) in [5, 5.41) is 14.3. The molecule has 0 aliphatic carbocycles. The smallest absolute Gasteiger partial charge is 0.338 e. The van der Waals surface area contributed by atoms with E-state index in [0.29, 0.717) is 63.5 Å².